The lowest BCUT2D eigenvalue weighted by atomic mass is 10.2. The van der Waals surface area contributed by atoms with Crippen LogP contribution in [-0.4, -0.2) is 36.1 Å². The van der Waals surface area contributed by atoms with Crippen LogP contribution in [0.4, 0.5) is 8.78 Å². The van der Waals surface area contributed by atoms with E-state index in [1.165, 1.54) is 4.68 Å². The van der Waals surface area contributed by atoms with Crippen LogP contribution in [-0.2, 0) is 6.54 Å². The van der Waals surface area contributed by atoms with Crippen LogP contribution in [0.25, 0.3) is 33.3 Å². The lowest BCUT2D eigenvalue weighted by molar-refractivity contribution is 0.130. The van der Waals surface area contributed by atoms with E-state index in [0.29, 0.717) is 38.8 Å². The fourth-order valence-corrected chi connectivity index (χ4v) is 3.64. The number of aromatic nitrogens is 6. The van der Waals surface area contributed by atoms with E-state index in [1.807, 2.05) is 25.1 Å². The molecule has 0 saturated heterocycles. The standard InChI is InChI=1S/C22H17ClF2N6O/c1-12-28-15-3-2-14(8-17(15)29-12)32-19-5-4-16-22(21(19)23)30-18(10-26-16)13-9-27-31(11-13)7-6-20(24)25/h2-5,8-11,20H,6-7H2,1H3,(H,28,29). The van der Waals surface area contributed by atoms with Gasteiger partial charge >= 0.3 is 0 Å². The highest BCUT2D eigenvalue weighted by Crippen LogP contribution is 2.35. The number of ether oxygens (including phenoxy) is 1. The van der Waals surface area contributed by atoms with E-state index in [0.717, 1.165) is 16.9 Å². The molecule has 0 atom stereocenters. The zero-order valence-electron chi connectivity index (χ0n) is 16.9. The van der Waals surface area contributed by atoms with Crippen LogP contribution in [0, 0.1) is 6.92 Å². The number of aryl methyl sites for hydroxylation is 2. The van der Waals surface area contributed by atoms with Gasteiger partial charge in [0.2, 0.25) is 6.43 Å². The highest BCUT2D eigenvalue weighted by Gasteiger charge is 2.14. The SMILES string of the molecule is Cc1nc2ccc(Oc3ccc4ncc(-c5cnn(CCC(F)F)c5)nc4c3Cl)cc2[nH]1. The Kier molecular flexibility index (Phi) is 5.18. The monoisotopic (exact) mass is 454 g/mol. The number of rotatable bonds is 6. The number of halogens is 3. The molecule has 5 aromatic rings. The highest BCUT2D eigenvalue weighted by atomic mass is 35.5. The predicted molar refractivity (Wildman–Crippen MR) is 117 cm³/mol. The van der Waals surface area contributed by atoms with Crippen LogP contribution in [0.2, 0.25) is 5.02 Å². The molecule has 1 N–H and O–H groups in total. The summed E-state index contributed by atoms with van der Waals surface area (Å²) < 4.78 is 32.4. The average molecular weight is 455 g/mol. The first-order valence-electron chi connectivity index (χ1n) is 9.87. The van der Waals surface area contributed by atoms with Crippen molar-refractivity contribution in [2.45, 2.75) is 26.3 Å². The minimum absolute atomic E-state index is 0.123. The van der Waals surface area contributed by atoms with Crippen molar-refractivity contribution in [1.29, 1.82) is 0 Å². The topological polar surface area (TPSA) is 81.5 Å². The molecule has 162 valence electrons. The maximum atomic E-state index is 12.4. The van der Waals surface area contributed by atoms with Crippen molar-refractivity contribution in [3.05, 3.63) is 59.8 Å². The Morgan fingerprint density at radius 1 is 1.12 bits per heavy atom. The Morgan fingerprint density at radius 2 is 1.97 bits per heavy atom. The Hall–Kier alpha value is -3.59. The molecule has 0 radical (unpaired) electrons. The van der Waals surface area contributed by atoms with Gasteiger partial charge in [-0.15, -0.1) is 0 Å². The number of imidazole rings is 1. The van der Waals surface area contributed by atoms with Gasteiger partial charge in [-0.1, -0.05) is 11.6 Å². The Morgan fingerprint density at radius 3 is 2.81 bits per heavy atom. The zero-order valence-corrected chi connectivity index (χ0v) is 17.6. The molecule has 0 unspecified atom stereocenters. The molecule has 0 spiro atoms. The van der Waals surface area contributed by atoms with Crippen LogP contribution in [0.3, 0.4) is 0 Å². The highest BCUT2D eigenvalue weighted by molar-refractivity contribution is 6.36. The van der Waals surface area contributed by atoms with E-state index in [4.69, 9.17) is 16.3 Å². The summed E-state index contributed by atoms with van der Waals surface area (Å²) in [4.78, 5) is 16.6. The second-order valence-electron chi connectivity index (χ2n) is 7.28. The minimum atomic E-state index is -2.38. The smallest absolute Gasteiger partial charge is 0.240 e. The average Bonchev–Trinajstić information content (AvgIpc) is 3.39. The van der Waals surface area contributed by atoms with E-state index in [9.17, 15) is 8.78 Å². The normalized spacial score (nSPS) is 11.7. The Balaban J connectivity index is 1.45. The molecule has 0 saturated carbocycles. The van der Waals surface area contributed by atoms with Crippen molar-refractivity contribution < 1.29 is 13.5 Å². The molecule has 7 nitrogen and oxygen atoms in total. The lowest BCUT2D eigenvalue weighted by Crippen LogP contribution is -2.02. The van der Waals surface area contributed by atoms with Crippen molar-refractivity contribution in [1.82, 2.24) is 29.7 Å². The number of alkyl halides is 2. The quantitative estimate of drug-likeness (QED) is 0.352. The van der Waals surface area contributed by atoms with Gasteiger partial charge in [-0.25, -0.2) is 18.7 Å². The summed E-state index contributed by atoms with van der Waals surface area (Å²) in [6.07, 6.45) is 2.19. The lowest BCUT2D eigenvalue weighted by Gasteiger charge is -2.10. The number of hydrogen-bond acceptors (Lipinski definition) is 5. The molecule has 0 fully saturated rings. The fraction of sp³-hybridized carbons (Fsp3) is 0.182. The van der Waals surface area contributed by atoms with Gasteiger partial charge in [0.05, 0.1) is 34.6 Å². The van der Waals surface area contributed by atoms with E-state index < -0.39 is 6.43 Å². The summed E-state index contributed by atoms with van der Waals surface area (Å²) in [5.41, 5.74) is 3.99. The molecule has 3 aromatic heterocycles. The zero-order chi connectivity index (χ0) is 22.2. The predicted octanol–water partition coefficient (Wildman–Crippen LogP) is 5.78. The molecule has 0 aliphatic heterocycles. The van der Waals surface area contributed by atoms with Gasteiger partial charge in [-0.2, -0.15) is 5.10 Å². The van der Waals surface area contributed by atoms with Crippen molar-refractivity contribution in [2.75, 3.05) is 0 Å². The van der Waals surface area contributed by atoms with Crippen LogP contribution >= 0.6 is 11.6 Å². The van der Waals surface area contributed by atoms with Crippen LogP contribution in [0.15, 0.2) is 48.9 Å². The third kappa shape index (κ3) is 3.99. The first kappa shape index (κ1) is 20.3. The molecular formula is C22H17ClF2N6O. The molecule has 0 aliphatic rings. The maximum Gasteiger partial charge on any atom is 0.240 e. The number of H-pyrrole nitrogens is 1. The van der Waals surface area contributed by atoms with Gasteiger partial charge < -0.3 is 9.72 Å². The number of nitrogens with zero attached hydrogens (tertiary/aromatic N) is 5. The van der Waals surface area contributed by atoms with Crippen molar-refractivity contribution >= 4 is 33.7 Å². The van der Waals surface area contributed by atoms with Gasteiger partial charge in [0, 0.05) is 30.8 Å². The van der Waals surface area contributed by atoms with Gasteiger partial charge in [0.15, 0.2) is 0 Å². The fourth-order valence-electron chi connectivity index (χ4n) is 3.40. The summed E-state index contributed by atoms with van der Waals surface area (Å²) in [5, 5.41) is 4.44. The second-order valence-corrected chi connectivity index (χ2v) is 7.65. The first-order valence-corrected chi connectivity index (χ1v) is 10.2. The van der Waals surface area contributed by atoms with E-state index in [-0.39, 0.29) is 13.0 Å². The summed E-state index contributed by atoms with van der Waals surface area (Å²) in [6, 6.07) is 9.06. The Bertz CT molecular complexity index is 1430. The van der Waals surface area contributed by atoms with E-state index in [1.54, 1.807) is 30.7 Å². The van der Waals surface area contributed by atoms with Gasteiger partial charge in [-0.3, -0.25) is 9.67 Å². The number of fused-ring (bicyclic) bond motifs is 2. The number of nitrogens with one attached hydrogen (secondary N) is 1. The van der Waals surface area contributed by atoms with Crippen molar-refractivity contribution in [3.63, 3.8) is 0 Å². The largest absolute Gasteiger partial charge is 0.456 e. The molecule has 0 bridgehead atoms. The molecule has 0 aliphatic carbocycles. The number of aromatic amines is 1. The minimum Gasteiger partial charge on any atom is -0.456 e. The summed E-state index contributed by atoms with van der Waals surface area (Å²) in [5.74, 6) is 1.86. The summed E-state index contributed by atoms with van der Waals surface area (Å²) in [7, 11) is 0. The molecule has 3 heterocycles. The van der Waals surface area contributed by atoms with Crippen LogP contribution < -0.4 is 4.74 Å². The maximum absolute atomic E-state index is 12.4. The molecule has 0 amide bonds. The van der Waals surface area contributed by atoms with Crippen LogP contribution in [0.5, 0.6) is 11.5 Å². The Labute approximate surface area is 186 Å². The summed E-state index contributed by atoms with van der Waals surface area (Å²) in [6.45, 7) is 2.01. The number of hydrogen-bond donors (Lipinski definition) is 1. The molecule has 10 heteroatoms. The molecule has 2 aromatic carbocycles. The van der Waals surface area contributed by atoms with E-state index >= 15 is 0 Å². The first-order chi connectivity index (χ1) is 15.5. The van der Waals surface area contributed by atoms with Gasteiger partial charge in [0.1, 0.15) is 27.9 Å². The van der Waals surface area contributed by atoms with Crippen molar-refractivity contribution in [3.8, 4) is 22.8 Å². The van der Waals surface area contributed by atoms with Gasteiger partial charge in [-0.05, 0) is 31.2 Å². The molecule has 32 heavy (non-hydrogen) atoms. The third-order valence-electron chi connectivity index (χ3n) is 4.92. The van der Waals surface area contributed by atoms with Crippen molar-refractivity contribution in [2.24, 2.45) is 0 Å². The summed E-state index contributed by atoms with van der Waals surface area (Å²) >= 11 is 6.61. The van der Waals surface area contributed by atoms with Crippen LogP contribution in [0.1, 0.15) is 12.2 Å². The van der Waals surface area contributed by atoms with E-state index in [2.05, 4.69) is 25.0 Å². The second kappa shape index (κ2) is 8.16. The molecule has 5 rings (SSSR count). The van der Waals surface area contributed by atoms with Gasteiger partial charge in [0.25, 0.3) is 0 Å². The molecular weight excluding hydrogens is 438 g/mol. The number of benzene rings is 2. The third-order valence-corrected chi connectivity index (χ3v) is 5.29.